The molecule has 0 aromatic carbocycles. The molecule has 2 N–H and O–H groups in total. The molecule has 1 aromatic heterocycles. The van der Waals surface area contributed by atoms with Crippen LogP contribution >= 0.6 is 0 Å². The van der Waals surface area contributed by atoms with Gasteiger partial charge in [0.25, 0.3) is 11.5 Å². The number of nitrogens with one attached hydrogen (secondary N) is 1. The number of amides is 3. The highest BCUT2D eigenvalue weighted by molar-refractivity contribution is 6.34. The number of likely N-dealkylation sites (N-methyl/N-ethyl adjacent to an activating group) is 2. The van der Waals surface area contributed by atoms with Gasteiger partial charge in [-0.15, -0.1) is 0 Å². The number of rotatable bonds is 5. The highest BCUT2D eigenvalue weighted by atomic mass is 19.1. The van der Waals surface area contributed by atoms with E-state index in [4.69, 9.17) is 0 Å². The molecule has 0 saturated heterocycles. The van der Waals surface area contributed by atoms with Crippen molar-refractivity contribution in [3.63, 3.8) is 0 Å². The molecular weight excluding hydrogens is 481 g/mol. The van der Waals surface area contributed by atoms with Gasteiger partial charge in [0.2, 0.25) is 0 Å². The summed E-state index contributed by atoms with van der Waals surface area (Å²) in [4.78, 5) is 58.7. The van der Waals surface area contributed by atoms with Crippen LogP contribution in [0.1, 0.15) is 73.5 Å². The molecule has 0 saturated carbocycles. The van der Waals surface area contributed by atoms with Gasteiger partial charge in [0.05, 0.1) is 18.2 Å². The van der Waals surface area contributed by atoms with Gasteiger partial charge in [-0.05, 0) is 44.8 Å². The fraction of sp³-hybridized carbons (Fsp3) is 0.500. The lowest BCUT2D eigenvalue weighted by atomic mass is 10.1. The second-order valence-electron chi connectivity index (χ2n) is 9.75. The first-order valence-electron chi connectivity index (χ1n) is 12.2. The number of allylic oxidation sites excluding steroid dienone is 4. The molecule has 1 aliphatic carbocycles. The molecule has 2 unspecified atom stereocenters. The van der Waals surface area contributed by atoms with Crippen molar-refractivity contribution >= 4 is 17.7 Å². The van der Waals surface area contributed by atoms with Crippen LogP contribution in [0.2, 0.25) is 0 Å². The van der Waals surface area contributed by atoms with E-state index in [9.17, 15) is 28.7 Å². The zero-order valence-corrected chi connectivity index (χ0v) is 21.9. The van der Waals surface area contributed by atoms with E-state index in [2.05, 4.69) is 10.3 Å². The summed E-state index contributed by atoms with van der Waals surface area (Å²) in [5, 5.41) is 12.7. The molecule has 0 spiro atoms. The number of aliphatic hydroxyl groups is 1. The molecule has 0 fully saturated rings. The van der Waals surface area contributed by atoms with Crippen molar-refractivity contribution in [3.05, 3.63) is 62.6 Å². The summed E-state index contributed by atoms with van der Waals surface area (Å²) in [6, 6.07) is -1.03. The number of hydrogen-bond donors (Lipinski definition) is 2. The third kappa shape index (κ3) is 6.04. The average molecular weight is 516 g/mol. The molecule has 0 bridgehead atoms. The smallest absolute Gasteiger partial charge is 0.312 e. The molecule has 1 aromatic rings. The van der Waals surface area contributed by atoms with E-state index >= 15 is 0 Å². The minimum atomic E-state index is -0.764. The number of halogens is 1. The van der Waals surface area contributed by atoms with Crippen LogP contribution in [0, 0.1) is 0 Å². The molecule has 2 atom stereocenters. The standard InChI is InChI=1S/C26H34FN5O5/c1-15-9-10-17(12-18(27)11-15)13-28-23(34)21-19(14-33)24(35)32-16(2)7-6-8-20(22(32)29-21)31(5)26(37)25(36)30(3)4/h9-10,12,16,20,33H,6-8,11,13-14H2,1-5H3,(H,28,34). The van der Waals surface area contributed by atoms with Crippen molar-refractivity contribution in [1.29, 1.82) is 0 Å². The van der Waals surface area contributed by atoms with Crippen LogP contribution in [0.15, 0.2) is 40.0 Å². The zero-order valence-electron chi connectivity index (χ0n) is 21.9. The van der Waals surface area contributed by atoms with Gasteiger partial charge in [-0.1, -0.05) is 17.7 Å². The Morgan fingerprint density at radius 2 is 1.89 bits per heavy atom. The molecule has 2 aliphatic rings. The SMILES string of the molecule is CC1=CC=C(CNC(=O)c2nc3n(c(=O)c2CO)C(C)CCCC3N(C)C(=O)C(=O)N(C)C)C=C(F)C1. The van der Waals surface area contributed by atoms with Gasteiger partial charge in [0.1, 0.15) is 17.3 Å². The number of carbonyl (C=O) groups excluding carboxylic acids is 3. The van der Waals surface area contributed by atoms with Crippen molar-refractivity contribution in [1.82, 2.24) is 24.7 Å². The Hall–Kier alpha value is -3.60. The minimum Gasteiger partial charge on any atom is -0.391 e. The van der Waals surface area contributed by atoms with Gasteiger partial charge in [-0.3, -0.25) is 23.7 Å². The minimum absolute atomic E-state index is 0.0173. The van der Waals surface area contributed by atoms with Gasteiger partial charge >= 0.3 is 11.8 Å². The van der Waals surface area contributed by atoms with Gasteiger partial charge in [0.15, 0.2) is 0 Å². The topological polar surface area (TPSA) is 125 Å². The number of hydrogen-bond acceptors (Lipinski definition) is 6. The monoisotopic (exact) mass is 515 g/mol. The summed E-state index contributed by atoms with van der Waals surface area (Å²) in [5.74, 6) is -2.35. The van der Waals surface area contributed by atoms with E-state index in [1.54, 1.807) is 19.1 Å². The zero-order chi connectivity index (χ0) is 27.4. The van der Waals surface area contributed by atoms with E-state index in [1.165, 1.54) is 41.6 Å². The van der Waals surface area contributed by atoms with Crippen molar-refractivity contribution in [2.75, 3.05) is 27.7 Å². The summed E-state index contributed by atoms with van der Waals surface area (Å²) in [6.45, 7) is 2.91. The van der Waals surface area contributed by atoms with E-state index in [-0.39, 0.29) is 41.9 Å². The van der Waals surface area contributed by atoms with E-state index < -0.39 is 35.9 Å². The highest BCUT2D eigenvalue weighted by Gasteiger charge is 2.35. The number of aliphatic hydroxyl groups excluding tert-OH is 1. The maximum atomic E-state index is 14.0. The Labute approximate surface area is 215 Å². The first kappa shape index (κ1) is 28.0. The van der Waals surface area contributed by atoms with Crippen molar-refractivity contribution in [3.8, 4) is 0 Å². The van der Waals surface area contributed by atoms with Gasteiger partial charge in [0, 0.05) is 40.2 Å². The molecule has 10 nitrogen and oxygen atoms in total. The third-order valence-corrected chi connectivity index (χ3v) is 6.65. The highest BCUT2D eigenvalue weighted by Crippen LogP contribution is 2.32. The quantitative estimate of drug-likeness (QED) is 0.578. The molecule has 0 radical (unpaired) electrons. The number of nitrogens with zero attached hydrogens (tertiary/aromatic N) is 4. The van der Waals surface area contributed by atoms with E-state index in [1.807, 2.05) is 6.92 Å². The lowest BCUT2D eigenvalue weighted by Gasteiger charge is -2.29. The van der Waals surface area contributed by atoms with E-state index in [0.29, 0.717) is 24.8 Å². The van der Waals surface area contributed by atoms with Crippen LogP contribution in [-0.4, -0.2) is 69.9 Å². The summed E-state index contributed by atoms with van der Waals surface area (Å²) in [5.41, 5.74) is 0.362. The van der Waals surface area contributed by atoms with Crippen LogP contribution in [0.5, 0.6) is 0 Å². The molecular formula is C26H34FN5O5. The molecule has 2 heterocycles. The molecule has 11 heteroatoms. The lowest BCUT2D eigenvalue weighted by molar-refractivity contribution is -0.151. The van der Waals surface area contributed by atoms with Crippen molar-refractivity contribution in [2.45, 2.75) is 58.2 Å². The fourth-order valence-corrected chi connectivity index (χ4v) is 4.54. The Balaban J connectivity index is 2.02. The number of carbonyl (C=O) groups is 3. The van der Waals surface area contributed by atoms with Crippen LogP contribution in [0.25, 0.3) is 0 Å². The number of aromatic nitrogens is 2. The predicted molar refractivity (Wildman–Crippen MR) is 135 cm³/mol. The normalized spacial score (nSPS) is 19.4. The fourth-order valence-electron chi connectivity index (χ4n) is 4.54. The maximum absolute atomic E-state index is 14.0. The lowest BCUT2D eigenvalue weighted by Crippen LogP contribution is -2.44. The van der Waals surface area contributed by atoms with Crippen LogP contribution in [0.3, 0.4) is 0 Å². The molecule has 3 rings (SSSR count). The van der Waals surface area contributed by atoms with Crippen LogP contribution in [0.4, 0.5) is 4.39 Å². The maximum Gasteiger partial charge on any atom is 0.312 e. The van der Waals surface area contributed by atoms with Gasteiger partial charge in [-0.2, -0.15) is 0 Å². The average Bonchev–Trinajstić information content (AvgIpc) is 3.12. The Bertz CT molecular complexity index is 1250. The van der Waals surface area contributed by atoms with E-state index in [0.717, 1.165) is 5.57 Å². The Morgan fingerprint density at radius 1 is 1.19 bits per heavy atom. The Kier molecular flexibility index (Phi) is 8.80. The first-order valence-corrected chi connectivity index (χ1v) is 12.2. The largest absolute Gasteiger partial charge is 0.391 e. The predicted octanol–water partition coefficient (Wildman–Crippen LogP) is 1.93. The number of fused-ring (bicyclic) bond motifs is 1. The second-order valence-corrected chi connectivity index (χ2v) is 9.75. The second kappa shape index (κ2) is 11.6. The Morgan fingerprint density at radius 3 is 2.54 bits per heavy atom. The molecule has 1 aliphatic heterocycles. The van der Waals surface area contributed by atoms with Gasteiger partial charge in [-0.25, -0.2) is 9.37 Å². The van der Waals surface area contributed by atoms with Crippen molar-refractivity contribution in [2.24, 2.45) is 0 Å². The summed E-state index contributed by atoms with van der Waals surface area (Å²) >= 11 is 0. The summed E-state index contributed by atoms with van der Waals surface area (Å²) in [7, 11) is 4.41. The van der Waals surface area contributed by atoms with Crippen LogP contribution in [-0.2, 0) is 16.2 Å². The van der Waals surface area contributed by atoms with Gasteiger partial charge < -0.3 is 20.2 Å². The van der Waals surface area contributed by atoms with Crippen molar-refractivity contribution < 1.29 is 23.9 Å². The first-order chi connectivity index (χ1) is 17.5. The molecule has 3 amide bonds. The molecule has 37 heavy (non-hydrogen) atoms. The summed E-state index contributed by atoms with van der Waals surface area (Å²) < 4.78 is 15.4. The third-order valence-electron chi connectivity index (χ3n) is 6.65. The molecule has 200 valence electrons. The summed E-state index contributed by atoms with van der Waals surface area (Å²) in [6.07, 6.45) is 6.70. The van der Waals surface area contributed by atoms with Crippen LogP contribution < -0.4 is 10.9 Å².